The molecule has 2 atom stereocenters. The first-order chi connectivity index (χ1) is 10.0. The third kappa shape index (κ3) is 3.83. The lowest BCUT2D eigenvalue weighted by atomic mass is 9.98. The van der Waals surface area contributed by atoms with E-state index < -0.39 is 12.0 Å². The van der Waals surface area contributed by atoms with Crippen LogP contribution in [-0.4, -0.2) is 41.0 Å². The molecular weight excluding hydrogens is 336 g/mol. The van der Waals surface area contributed by atoms with Crippen LogP contribution in [0.5, 0.6) is 0 Å². The van der Waals surface area contributed by atoms with Crippen molar-refractivity contribution in [2.24, 2.45) is 0 Å². The molecule has 0 aromatic heterocycles. The Hall–Kier alpha value is -1.40. The predicted molar refractivity (Wildman–Crippen MR) is 82.9 cm³/mol. The summed E-state index contributed by atoms with van der Waals surface area (Å²) in [5.74, 6) is -1.15. The minimum absolute atomic E-state index is 0.0495. The van der Waals surface area contributed by atoms with Gasteiger partial charge in [0, 0.05) is 23.6 Å². The molecule has 1 aromatic rings. The van der Waals surface area contributed by atoms with E-state index in [1.807, 2.05) is 29.2 Å². The SMILES string of the molecule is CCC(c1ccc(Br)cc1)N1CCNC(=O)C1CC(=O)O. The van der Waals surface area contributed by atoms with Crippen LogP contribution < -0.4 is 5.32 Å². The highest BCUT2D eigenvalue weighted by molar-refractivity contribution is 9.10. The van der Waals surface area contributed by atoms with Crippen LogP contribution in [0, 0.1) is 0 Å². The molecule has 2 N–H and O–H groups in total. The van der Waals surface area contributed by atoms with Crippen LogP contribution in [0.2, 0.25) is 0 Å². The van der Waals surface area contributed by atoms with Crippen molar-refractivity contribution in [3.63, 3.8) is 0 Å². The zero-order chi connectivity index (χ0) is 15.4. The van der Waals surface area contributed by atoms with E-state index in [1.165, 1.54) is 0 Å². The van der Waals surface area contributed by atoms with Crippen molar-refractivity contribution in [3.05, 3.63) is 34.3 Å². The topological polar surface area (TPSA) is 69.6 Å². The van der Waals surface area contributed by atoms with Gasteiger partial charge in [-0.3, -0.25) is 14.5 Å². The van der Waals surface area contributed by atoms with Gasteiger partial charge in [0.25, 0.3) is 0 Å². The van der Waals surface area contributed by atoms with Gasteiger partial charge in [-0.2, -0.15) is 0 Å². The molecule has 6 heteroatoms. The summed E-state index contributed by atoms with van der Waals surface area (Å²) >= 11 is 3.41. The van der Waals surface area contributed by atoms with Gasteiger partial charge in [-0.1, -0.05) is 35.0 Å². The molecule has 2 rings (SSSR count). The molecule has 0 bridgehead atoms. The van der Waals surface area contributed by atoms with E-state index in [0.717, 1.165) is 16.5 Å². The number of aliphatic carboxylic acids is 1. The Morgan fingerprint density at radius 1 is 1.48 bits per heavy atom. The maximum atomic E-state index is 12.0. The van der Waals surface area contributed by atoms with Gasteiger partial charge in [0.2, 0.25) is 5.91 Å². The Balaban J connectivity index is 2.27. The molecule has 21 heavy (non-hydrogen) atoms. The highest BCUT2D eigenvalue weighted by Gasteiger charge is 2.35. The second kappa shape index (κ2) is 7.04. The summed E-state index contributed by atoms with van der Waals surface area (Å²) in [4.78, 5) is 25.1. The number of amides is 1. The fraction of sp³-hybridized carbons (Fsp3) is 0.467. The molecule has 0 radical (unpaired) electrons. The molecule has 5 nitrogen and oxygen atoms in total. The minimum Gasteiger partial charge on any atom is -0.481 e. The fourth-order valence-electron chi connectivity index (χ4n) is 2.83. The molecular formula is C15H19BrN2O3. The Morgan fingerprint density at radius 2 is 2.14 bits per heavy atom. The van der Waals surface area contributed by atoms with Crippen LogP contribution in [0.15, 0.2) is 28.7 Å². The lowest BCUT2D eigenvalue weighted by molar-refractivity contribution is -0.144. The van der Waals surface area contributed by atoms with Crippen LogP contribution in [-0.2, 0) is 9.59 Å². The quantitative estimate of drug-likeness (QED) is 0.850. The van der Waals surface area contributed by atoms with E-state index in [2.05, 4.69) is 28.2 Å². The molecule has 1 saturated heterocycles. The second-order valence-electron chi connectivity index (χ2n) is 5.12. The third-order valence-electron chi connectivity index (χ3n) is 3.78. The average molecular weight is 355 g/mol. The van der Waals surface area contributed by atoms with Gasteiger partial charge in [-0.05, 0) is 24.1 Å². The standard InChI is InChI=1S/C15H19BrN2O3/c1-2-12(10-3-5-11(16)6-4-10)18-8-7-17-15(21)13(18)9-14(19)20/h3-6,12-13H,2,7-9H2,1H3,(H,17,21)(H,19,20). The molecule has 0 aliphatic carbocycles. The summed E-state index contributed by atoms with van der Waals surface area (Å²) in [5.41, 5.74) is 1.10. The number of piperazine rings is 1. The molecule has 0 saturated carbocycles. The first-order valence-electron chi connectivity index (χ1n) is 7.03. The van der Waals surface area contributed by atoms with Crippen LogP contribution in [0.1, 0.15) is 31.4 Å². The molecule has 2 unspecified atom stereocenters. The van der Waals surface area contributed by atoms with Gasteiger partial charge in [-0.15, -0.1) is 0 Å². The van der Waals surface area contributed by atoms with E-state index in [9.17, 15) is 9.59 Å². The van der Waals surface area contributed by atoms with Crippen molar-refractivity contribution in [1.82, 2.24) is 10.2 Å². The van der Waals surface area contributed by atoms with Gasteiger partial charge in [0.15, 0.2) is 0 Å². The van der Waals surface area contributed by atoms with Gasteiger partial charge in [0.1, 0.15) is 6.04 Å². The number of halogens is 1. The molecule has 1 heterocycles. The average Bonchev–Trinajstić information content (AvgIpc) is 2.45. The van der Waals surface area contributed by atoms with Gasteiger partial charge >= 0.3 is 5.97 Å². The van der Waals surface area contributed by atoms with Crippen molar-refractivity contribution < 1.29 is 14.7 Å². The van der Waals surface area contributed by atoms with Gasteiger partial charge in [0.05, 0.1) is 6.42 Å². The van der Waals surface area contributed by atoms with E-state index in [-0.39, 0.29) is 18.4 Å². The minimum atomic E-state index is -0.951. The maximum absolute atomic E-state index is 12.0. The van der Waals surface area contributed by atoms with E-state index in [1.54, 1.807) is 0 Å². The van der Waals surface area contributed by atoms with Crippen molar-refractivity contribution >= 4 is 27.8 Å². The maximum Gasteiger partial charge on any atom is 0.305 e. The Morgan fingerprint density at radius 3 is 2.71 bits per heavy atom. The largest absolute Gasteiger partial charge is 0.481 e. The Kier molecular flexibility index (Phi) is 5.36. The summed E-state index contributed by atoms with van der Waals surface area (Å²) in [5, 5.41) is 11.8. The molecule has 114 valence electrons. The van der Waals surface area contributed by atoms with Crippen molar-refractivity contribution in [2.75, 3.05) is 13.1 Å². The van der Waals surface area contributed by atoms with Gasteiger partial charge < -0.3 is 10.4 Å². The number of carboxylic acid groups (broad SMARTS) is 1. The number of nitrogens with one attached hydrogen (secondary N) is 1. The normalized spacial score (nSPS) is 20.9. The van der Waals surface area contributed by atoms with Gasteiger partial charge in [-0.25, -0.2) is 0 Å². The van der Waals surface area contributed by atoms with Crippen LogP contribution in [0.3, 0.4) is 0 Å². The van der Waals surface area contributed by atoms with Crippen molar-refractivity contribution in [3.8, 4) is 0 Å². The Labute approximate surface area is 132 Å². The van der Waals surface area contributed by atoms with E-state index in [4.69, 9.17) is 5.11 Å². The number of nitrogens with zero attached hydrogens (tertiary/aromatic N) is 1. The molecule has 1 fully saturated rings. The zero-order valence-corrected chi connectivity index (χ0v) is 13.5. The Bertz CT molecular complexity index is 518. The number of benzene rings is 1. The fourth-order valence-corrected chi connectivity index (χ4v) is 3.09. The summed E-state index contributed by atoms with van der Waals surface area (Å²) in [6, 6.07) is 7.41. The number of carbonyl (C=O) groups is 2. The molecule has 1 aliphatic rings. The molecule has 0 spiro atoms. The highest BCUT2D eigenvalue weighted by Crippen LogP contribution is 2.29. The molecule has 1 aromatic carbocycles. The number of carbonyl (C=O) groups excluding carboxylic acids is 1. The molecule has 1 aliphatic heterocycles. The van der Waals surface area contributed by atoms with Crippen LogP contribution >= 0.6 is 15.9 Å². The van der Waals surface area contributed by atoms with E-state index in [0.29, 0.717) is 13.1 Å². The van der Waals surface area contributed by atoms with Crippen molar-refractivity contribution in [1.29, 1.82) is 0 Å². The third-order valence-corrected chi connectivity index (χ3v) is 4.31. The summed E-state index contributed by atoms with van der Waals surface area (Å²) in [6.07, 6.45) is 0.657. The lowest BCUT2D eigenvalue weighted by Gasteiger charge is -2.40. The second-order valence-corrected chi connectivity index (χ2v) is 6.03. The van der Waals surface area contributed by atoms with Crippen LogP contribution in [0.4, 0.5) is 0 Å². The molecule has 1 amide bonds. The predicted octanol–water partition coefficient (Wildman–Crippen LogP) is 2.18. The number of carboxylic acids is 1. The summed E-state index contributed by atoms with van der Waals surface area (Å²) < 4.78 is 1.000. The first-order valence-corrected chi connectivity index (χ1v) is 7.83. The van der Waals surface area contributed by atoms with Crippen LogP contribution in [0.25, 0.3) is 0 Å². The smallest absolute Gasteiger partial charge is 0.305 e. The van der Waals surface area contributed by atoms with Crippen molar-refractivity contribution in [2.45, 2.75) is 31.8 Å². The first kappa shape index (κ1) is 16.0. The van der Waals surface area contributed by atoms with E-state index >= 15 is 0 Å². The monoisotopic (exact) mass is 354 g/mol. The summed E-state index contributed by atoms with van der Waals surface area (Å²) in [6.45, 7) is 3.28. The summed E-state index contributed by atoms with van der Waals surface area (Å²) in [7, 11) is 0. The lowest BCUT2D eigenvalue weighted by Crippen LogP contribution is -2.56. The highest BCUT2D eigenvalue weighted by atomic mass is 79.9. The number of hydrogen-bond donors (Lipinski definition) is 2. The number of rotatable bonds is 5. The zero-order valence-electron chi connectivity index (χ0n) is 11.9. The number of hydrogen-bond acceptors (Lipinski definition) is 3.